The van der Waals surface area contributed by atoms with Gasteiger partial charge in [0.05, 0.1) is 0 Å². The third-order valence-corrected chi connectivity index (χ3v) is 5.01. The highest BCUT2D eigenvalue weighted by molar-refractivity contribution is 7.99. The van der Waals surface area contributed by atoms with Gasteiger partial charge in [0.15, 0.2) is 0 Å². The maximum Gasteiger partial charge on any atom is 0.213 e. The molecule has 2 atom stereocenters. The lowest BCUT2D eigenvalue weighted by atomic mass is 9.98. The third-order valence-electron chi connectivity index (χ3n) is 3.84. The van der Waals surface area contributed by atoms with E-state index in [0.717, 1.165) is 24.3 Å². The number of nitrogens with zero attached hydrogens (tertiary/aromatic N) is 2. The first-order valence-electron chi connectivity index (χ1n) is 8.35. The molecule has 4 nitrogen and oxygen atoms in total. The predicted octanol–water partition coefficient (Wildman–Crippen LogP) is 3.82. The average molecular weight is 339 g/mol. The summed E-state index contributed by atoms with van der Waals surface area (Å²) in [6, 6.07) is 3.94. The Balaban J connectivity index is 2.66. The van der Waals surface area contributed by atoms with Crippen molar-refractivity contribution in [1.29, 1.82) is 0 Å². The molecule has 130 valence electrons. The van der Waals surface area contributed by atoms with Gasteiger partial charge in [-0.3, -0.25) is 4.79 Å². The van der Waals surface area contributed by atoms with Crippen molar-refractivity contribution in [3.05, 3.63) is 23.9 Å². The Labute approximate surface area is 145 Å². The summed E-state index contributed by atoms with van der Waals surface area (Å²) in [5, 5.41) is 0.185. The lowest BCUT2D eigenvalue weighted by Gasteiger charge is -2.18. The quantitative estimate of drug-likeness (QED) is 0.613. The lowest BCUT2D eigenvalue weighted by molar-refractivity contribution is -0.122. The molecule has 1 aromatic heterocycles. The Morgan fingerprint density at radius 3 is 2.61 bits per heavy atom. The second kappa shape index (κ2) is 10.7. The molecule has 23 heavy (non-hydrogen) atoms. The third kappa shape index (κ3) is 7.36. The molecule has 0 radical (unpaired) electrons. The van der Waals surface area contributed by atoms with Gasteiger partial charge in [-0.15, -0.1) is 0 Å². The number of carbonyl (C=O) groups excluding carboxylic acids is 1. The first-order chi connectivity index (χ1) is 11.0. The van der Waals surface area contributed by atoms with E-state index in [1.807, 2.05) is 39.3 Å². The van der Waals surface area contributed by atoms with Crippen molar-refractivity contribution in [2.45, 2.75) is 38.9 Å². The molecule has 0 aliphatic carbocycles. The van der Waals surface area contributed by atoms with E-state index in [0.29, 0.717) is 24.7 Å². The summed E-state index contributed by atoms with van der Waals surface area (Å²) in [7, 11) is 4.03. The molecular weight excluding hydrogens is 308 g/mol. The Morgan fingerprint density at radius 2 is 2.09 bits per heavy atom. The topological polar surface area (TPSA) is 42.4 Å². The van der Waals surface area contributed by atoms with Crippen LogP contribution in [0.25, 0.3) is 0 Å². The van der Waals surface area contributed by atoms with E-state index in [1.54, 1.807) is 11.8 Å². The summed E-state index contributed by atoms with van der Waals surface area (Å²) >= 11 is 1.81. The lowest BCUT2D eigenvalue weighted by Crippen LogP contribution is -2.19. The van der Waals surface area contributed by atoms with Crippen molar-refractivity contribution in [1.82, 2.24) is 9.88 Å². The summed E-state index contributed by atoms with van der Waals surface area (Å²) in [6.07, 6.45) is 3.33. The zero-order chi connectivity index (χ0) is 17.2. The average Bonchev–Trinajstić information content (AvgIpc) is 2.54. The van der Waals surface area contributed by atoms with Gasteiger partial charge in [0.2, 0.25) is 5.88 Å². The van der Waals surface area contributed by atoms with Gasteiger partial charge in [0.1, 0.15) is 12.4 Å². The number of thioether (sulfide) groups is 1. The van der Waals surface area contributed by atoms with Crippen LogP contribution in [0.1, 0.15) is 44.4 Å². The van der Waals surface area contributed by atoms with Gasteiger partial charge in [-0.1, -0.05) is 26.8 Å². The fraction of sp³-hybridized carbons (Fsp3) is 0.667. The minimum atomic E-state index is 0.136. The smallest absolute Gasteiger partial charge is 0.213 e. The molecule has 0 amide bonds. The van der Waals surface area contributed by atoms with Crippen LogP contribution in [-0.2, 0) is 4.79 Å². The number of ether oxygens (including phenoxy) is 1. The number of rotatable bonds is 11. The fourth-order valence-corrected chi connectivity index (χ4v) is 3.10. The number of likely N-dealkylation sites (N-methyl/N-ethyl adjacent to an activating group) is 1. The summed E-state index contributed by atoms with van der Waals surface area (Å²) in [5.74, 6) is 2.10. The number of pyridine rings is 1. The van der Waals surface area contributed by atoms with Crippen molar-refractivity contribution in [3.8, 4) is 5.88 Å². The van der Waals surface area contributed by atoms with E-state index < -0.39 is 0 Å². The van der Waals surface area contributed by atoms with Crippen LogP contribution >= 0.6 is 11.8 Å². The molecule has 0 saturated heterocycles. The molecule has 0 N–H and O–H groups in total. The van der Waals surface area contributed by atoms with Crippen LogP contribution in [0, 0.1) is 5.92 Å². The normalized spacial score (nSPS) is 13.8. The van der Waals surface area contributed by atoms with E-state index in [-0.39, 0.29) is 11.2 Å². The standard InChI is InChI=1S/C18H30N2O2S/c1-6-14(3)16(21)12-17(23-7-2)15-8-9-18(19-13-15)22-11-10-20(4)5/h8-9,13-14,17H,6-7,10-12H2,1-5H3. The molecule has 5 heteroatoms. The minimum Gasteiger partial charge on any atom is -0.476 e. The summed E-state index contributed by atoms with van der Waals surface area (Å²) < 4.78 is 5.62. The first kappa shape index (κ1) is 20.0. The minimum absolute atomic E-state index is 0.136. The Kier molecular flexibility index (Phi) is 9.26. The molecule has 0 aliphatic heterocycles. The van der Waals surface area contributed by atoms with Crippen LogP contribution < -0.4 is 4.74 Å². The first-order valence-corrected chi connectivity index (χ1v) is 9.40. The van der Waals surface area contributed by atoms with Crippen molar-refractivity contribution in [2.24, 2.45) is 5.92 Å². The molecule has 0 aromatic carbocycles. The van der Waals surface area contributed by atoms with Gasteiger partial charge < -0.3 is 9.64 Å². The van der Waals surface area contributed by atoms with Crippen molar-refractivity contribution < 1.29 is 9.53 Å². The highest BCUT2D eigenvalue weighted by Crippen LogP contribution is 2.33. The monoisotopic (exact) mass is 338 g/mol. The van der Waals surface area contributed by atoms with Gasteiger partial charge in [0, 0.05) is 36.4 Å². The van der Waals surface area contributed by atoms with Crippen molar-refractivity contribution in [3.63, 3.8) is 0 Å². The molecule has 2 unspecified atom stereocenters. The Bertz CT molecular complexity index is 463. The Hall–Kier alpha value is -1.07. The van der Waals surface area contributed by atoms with Gasteiger partial charge in [-0.05, 0) is 31.8 Å². The van der Waals surface area contributed by atoms with E-state index in [4.69, 9.17) is 4.74 Å². The Morgan fingerprint density at radius 1 is 1.35 bits per heavy atom. The number of ketones is 1. The van der Waals surface area contributed by atoms with E-state index in [2.05, 4.69) is 23.7 Å². The molecule has 1 heterocycles. The fourth-order valence-electron chi connectivity index (χ4n) is 2.09. The van der Waals surface area contributed by atoms with Gasteiger partial charge >= 0.3 is 0 Å². The molecular formula is C18H30N2O2S. The molecule has 1 rings (SSSR count). The van der Waals surface area contributed by atoms with Crippen LogP contribution in [0.3, 0.4) is 0 Å². The van der Waals surface area contributed by atoms with Crippen molar-refractivity contribution in [2.75, 3.05) is 33.0 Å². The van der Waals surface area contributed by atoms with Gasteiger partial charge in [-0.25, -0.2) is 4.98 Å². The number of Topliss-reactive ketones (excluding diaryl/α,β-unsaturated/α-hetero) is 1. The maximum atomic E-state index is 12.2. The van der Waals surface area contributed by atoms with Crippen LogP contribution in [0.5, 0.6) is 5.88 Å². The highest BCUT2D eigenvalue weighted by atomic mass is 32.2. The summed E-state index contributed by atoms with van der Waals surface area (Å²) in [4.78, 5) is 18.7. The number of carbonyl (C=O) groups is 1. The zero-order valence-corrected chi connectivity index (χ0v) is 15.9. The second-order valence-electron chi connectivity index (χ2n) is 6.01. The highest BCUT2D eigenvalue weighted by Gasteiger charge is 2.19. The molecule has 0 saturated carbocycles. The van der Waals surface area contributed by atoms with E-state index in [9.17, 15) is 4.79 Å². The summed E-state index contributed by atoms with van der Waals surface area (Å²) in [5.41, 5.74) is 1.11. The number of hydrogen-bond donors (Lipinski definition) is 0. The van der Waals surface area contributed by atoms with E-state index >= 15 is 0 Å². The molecule has 0 fully saturated rings. The van der Waals surface area contributed by atoms with E-state index in [1.165, 1.54) is 0 Å². The van der Waals surface area contributed by atoms with Gasteiger partial charge in [0.25, 0.3) is 0 Å². The molecule has 1 aromatic rings. The SMILES string of the molecule is CCSC(CC(=O)C(C)CC)c1ccc(OCCN(C)C)nc1. The van der Waals surface area contributed by atoms with Crippen LogP contribution in [0.15, 0.2) is 18.3 Å². The molecule has 0 aliphatic rings. The van der Waals surface area contributed by atoms with Gasteiger partial charge in [-0.2, -0.15) is 11.8 Å². The molecule has 0 spiro atoms. The zero-order valence-electron chi connectivity index (χ0n) is 15.0. The second-order valence-corrected chi connectivity index (χ2v) is 7.48. The predicted molar refractivity (Wildman–Crippen MR) is 98.2 cm³/mol. The summed E-state index contributed by atoms with van der Waals surface area (Å²) in [6.45, 7) is 7.68. The van der Waals surface area contributed by atoms with Crippen LogP contribution in [0.2, 0.25) is 0 Å². The van der Waals surface area contributed by atoms with Crippen molar-refractivity contribution >= 4 is 17.5 Å². The molecule has 0 bridgehead atoms. The number of aromatic nitrogens is 1. The van der Waals surface area contributed by atoms with Crippen LogP contribution in [-0.4, -0.2) is 48.7 Å². The maximum absolute atomic E-state index is 12.2. The van der Waals surface area contributed by atoms with Crippen LogP contribution in [0.4, 0.5) is 0 Å². The largest absolute Gasteiger partial charge is 0.476 e. The number of hydrogen-bond acceptors (Lipinski definition) is 5.